The molecule has 2 aromatic carbocycles. The molecule has 0 fully saturated rings. The molecule has 1 N–H and O–H groups in total. The monoisotopic (exact) mass is 450 g/mol. The molecule has 0 radical (unpaired) electrons. The lowest BCUT2D eigenvalue weighted by Crippen LogP contribution is -2.02. The molecule has 0 aliphatic heterocycles. The number of carboxylic acid groups (broad SMARTS) is 1. The SMILES string of the molecule is O=Cc1cccc(-c2cccc(S(=O)(=O)c3cc(C(=O)O)sc3Br)c2)c1. The van der Waals surface area contributed by atoms with Gasteiger partial charge >= 0.3 is 5.97 Å². The predicted molar refractivity (Wildman–Crippen MR) is 102 cm³/mol. The first-order valence-electron chi connectivity index (χ1n) is 7.26. The van der Waals surface area contributed by atoms with Gasteiger partial charge in [0.15, 0.2) is 0 Å². The maximum absolute atomic E-state index is 12.9. The lowest BCUT2D eigenvalue weighted by Gasteiger charge is -2.07. The van der Waals surface area contributed by atoms with Gasteiger partial charge in [0.05, 0.1) is 13.6 Å². The van der Waals surface area contributed by atoms with E-state index in [4.69, 9.17) is 5.11 Å². The average molecular weight is 451 g/mol. The lowest BCUT2D eigenvalue weighted by molar-refractivity contribution is 0.0702. The van der Waals surface area contributed by atoms with Crippen molar-refractivity contribution in [1.29, 1.82) is 0 Å². The molecule has 0 bridgehead atoms. The van der Waals surface area contributed by atoms with E-state index in [-0.39, 0.29) is 18.5 Å². The van der Waals surface area contributed by atoms with E-state index in [2.05, 4.69) is 15.9 Å². The molecule has 5 nitrogen and oxygen atoms in total. The summed E-state index contributed by atoms with van der Waals surface area (Å²) in [5.41, 5.74) is 1.84. The fourth-order valence-corrected chi connectivity index (χ4v) is 6.10. The molecule has 1 aromatic heterocycles. The Hall–Kier alpha value is -2.29. The first kappa shape index (κ1) is 18.5. The number of sulfone groups is 1. The number of benzene rings is 2. The van der Waals surface area contributed by atoms with E-state index >= 15 is 0 Å². The summed E-state index contributed by atoms with van der Waals surface area (Å²) in [6.07, 6.45) is 0.722. The molecule has 0 spiro atoms. The van der Waals surface area contributed by atoms with Gasteiger partial charge in [0.2, 0.25) is 9.84 Å². The van der Waals surface area contributed by atoms with Crippen LogP contribution in [-0.2, 0) is 9.84 Å². The number of rotatable bonds is 5. The van der Waals surface area contributed by atoms with Crippen molar-refractivity contribution in [2.24, 2.45) is 0 Å². The van der Waals surface area contributed by atoms with Gasteiger partial charge in [0, 0.05) is 5.56 Å². The van der Waals surface area contributed by atoms with Crippen molar-refractivity contribution < 1.29 is 23.1 Å². The van der Waals surface area contributed by atoms with Crippen molar-refractivity contribution in [2.45, 2.75) is 9.79 Å². The molecular formula is C18H11BrO5S2. The highest BCUT2D eigenvalue weighted by atomic mass is 79.9. The topological polar surface area (TPSA) is 88.5 Å². The summed E-state index contributed by atoms with van der Waals surface area (Å²) < 4.78 is 26.1. The van der Waals surface area contributed by atoms with E-state index in [1.165, 1.54) is 12.1 Å². The first-order chi connectivity index (χ1) is 12.3. The Balaban J connectivity index is 2.09. The van der Waals surface area contributed by atoms with E-state index in [0.29, 0.717) is 16.7 Å². The van der Waals surface area contributed by atoms with Gasteiger partial charge in [-0.2, -0.15) is 0 Å². The quantitative estimate of drug-likeness (QED) is 0.577. The normalized spacial score (nSPS) is 11.3. The van der Waals surface area contributed by atoms with E-state index in [0.717, 1.165) is 23.7 Å². The van der Waals surface area contributed by atoms with Crippen LogP contribution < -0.4 is 0 Å². The molecule has 3 aromatic rings. The number of aromatic carboxylic acids is 1. The minimum atomic E-state index is -3.90. The smallest absolute Gasteiger partial charge is 0.345 e. The van der Waals surface area contributed by atoms with Crippen LogP contribution in [0.4, 0.5) is 0 Å². The largest absolute Gasteiger partial charge is 0.477 e. The number of aldehydes is 1. The van der Waals surface area contributed by atoms with Crippen molar-refractivity contribution in [3.05, 3.63) is 68.8 Å². The molecular weight excluding hydrogens is 440 g/mol. The zero-order valence-electron chi connectivity index (χ0n) is 13.0. The number of carboxylic acids is 1. The molecule has 0 saturated carbocycles. The standard InChI is InChI=1S/C18H11BrO5S2/c19-17-16(9-15(25-17)18(21)22)26(23,24)14-6-2-5-13(8-14)12-4-1-3-11(7-12)10-20/h1-10H,(H,21,22). The Bertz CT molecular complexity index is 1120. The lowest BCUT2D eigenvalue weighted by atomic mass is 10.0. The van der Waals surface area contributed by atoms with E-state index in [1.807, 2.05) is 0 Å². The van der Waals surface area contributed by atoms with Crippen LogP contribution in [0.5, 0.6) is 0 Å². The molecule has 0 aliphatic rings. The fraction of sp³-hybridized carbons (Fsp3) is 0. The third-order valence-electron chi connectivity index (χ3n) is 3.66. The van der Waals surface area contributed by atoms with Gasteiger partial charge < -0.3 is 5.11 Å². The van der Waals surface area contributed by atoms with Crippen molar-refractivity contribution in [2.75, 3.05) is 0 Å². The number of carbonyl (C=O) groups is 2. The Labute approximate surface area is 162 Å². The predicted octanol–water partition coefficient (Wildman–Crippen LogP) is 4.52. The number of thiophene rings is 1. The summed E-state index contributed by atoms with van der Waals surface area (Å²) in [6.45, 7) is 0. The second kappa shape index (κ2) is 7.14. The average Bonchev–Trinajstić information content (AvgIpc) is 3.05. The fourth-order valence-electron chi connectivity index (χ4n) is 2.40. The van der Waals surface area contributed by atoms with Gasteiger partial charge in [0.1, 0.15) is 11.2 Å². The van der Waals surface area contributed by atoms with Crippen molar-refractivity contribution in [3.8, 4) is 11.1 Å². The number of carbonyl (C=O) groups excluding carboxylic acids is 1. The number of halogens is 1. The third-order valence-corrected chi connectivity index (χ3v) is 7.65. The van der Waals surface area contributed by atoms with Gasteiger partial charge in [0.25, 0.3) is 0 Å². The molecule has 1 heterocycles. The third kappa shape index (κ3) is 3.48. The van der Waals surface area contributed by atoms with Crippen molar-refractivity contribution in [1.82, 2.24) is 0 Å². The highest BCUT2D eigenvalue weighted by Crippen LogP contribution is 2.36. The molecule has 26 heavy (non-hydrogen) atoms. The highest BCUT2D eigenvalue weighted by molar-refractivity contribution is 9.11. The maximum atomic E-state index is 12.9. The van der Waals surface area contributed by atoms with Gasteiger partial charge in [-0.1, -0.05) is 30.3 Å². The molecule has 0 amide bonds. The molecule has 0 atom stereocenters. The van der Waals surface area contributed by atoms with Crippen LogP contribution in [0.1, 0.15) is 20.0 Å². The molecule has 8 heteroatoms. The summed E-state index contributed by atoms with van der Waals surface area (Å²) in [6, 6.07) is 14.3. The molecule has 132 valence electrons. The summed E-state index contributed by atoms with van der Waals surface area (Å²) in [5.74, 6) is -1.18. The van der Waals surface area contributed by atoms with Gasteiger partial charge in [-0.15, -0.1) is 11.3 Å². The summed E-state index contributed by atoms with van der Waals surface area (Å²) >= 11 is 3.99. The summed E-state index contributed by atoms with van der Waals surface area (Å²) in [4.78, 5) is 21.9. The van der Waals surface area contributed by atoms with E-state index in [9.17, 15) is 18.0 Å². The van der Waals surface area contributed by atoms with Crippen LogP contribution >= 0.6 is 27.3 Å². The van der Waals surface area contributed by atoms with E-state index < -0.39 is 15.8 Å². The minimum absolute atomic E-state index is 0.0435. The van der Waals surface area contributed by atoms with Crippen LogP contribution in [-0.4, -0.2) is 25.8 Å². The Morgan fingerprint density at radius 2 is 1.69 bits per heavy atom. The number of hydrogen-bond acceptors (Lipinski definition) is 5. The Morgan fingerprint density at radius 3 is 2.31 bits per heavy atom. The van der Waals surface area contributed by atoms with Crippen LogP contribution in [0.15, 0.2) is 68.2 Å². The zero-order chi connectivity index (χ0) is 18.9. The minimum Gasteiger partial charge on any atom is -0.477 e. The Kier molecular flexibility index (Phi) is 5.08. The maximum Gasteiger partial charge on any atom is 0.345 e. The summed E-state index contributed by atoms with van der Waals surface area (Å²) in [7, 11) is -3.90. The van der Waals surface area contributed by atoms with Crippen LogP contribution in [0, 0.1) is 0 Å². The second-order valence-corrected chi connectivity index (χ2v) is 9.62. The molecule has 0 saturated heterocycles. The van der Waals surface area contributed by atoms with Crippen molar-refractivity contribution >= 4 is 49.4 Å². The van der Waals surface area contributed by atoms with Gasteiger partial charge in [-0.05, 0) is 51.3 Å². The van der Waals surface area contributed by atoms with Crippen LogP contribution in [0.3, 0.4) is 0 Å². The van der Waals surface area contributed by atoms with Crippen molar-refractivity contribution in [3.63, 3.8) is 0 Å². The molecule has 3 rings (SSSR count). The van der Waals surface area contributed by atoms with E-state index in [1.54, 1.807) is 36.4 Å². The van der Waals surface area contributed by atoms with Crippen LogP contribution in [0.2, 0.25) is 0 Å². The van der Waals surface area contributed by atoms with Gasteiger partial charge in [-0.3, -0.25) is 4.79 Å². The second-order valence-electron chi connectivity index (χ2n) is 5.33. The Morgan fingerprint density at radius 1 is 1.04 bits per heavy atom. The zero-order valence-corrected chi connectivity index (χ0v) is 16.3. The summed E-state index contributed by atoms with van der Waals surface area (Å²) in [5, 5.41) is 9.07. The number of hydrogen-bond donors (Lipinski definition) is 1. The highest BCUT2D eigenvalue weighted by Gasteiger charge is 2.25. The molecule has 0 aliphatic carbocycles. The van der Waals surface area contributed by atoms with Gasteiger partial charge in [-0.25, -0.2) is 13.2 Å². The first-order valence-corrected chi connectivity index (χ1v) is 10.4. The van der Waals surface area contributed by atoms with Crippen LogP contribution in [0.25, 0.3) is 11.1 Å². The molecule has 0 unspecified atom stereocenters.